The van der Waals surface area contributed by atoms with E-state index in [2.05, 4.69) is 35.3 Å². The molecule has 0 aliphatic carbocycles. The summed E-state index contributed by atoms with van der Waals surface area (Å²) in [4.78, 5) is 4.45. The van der Waals surface area contributed by atoms with Crippen LogP contribution in [0.5, 0.6) is 0 Å². The number of nitriles is 1. The lowest BCUT2D eigenvalue weighted by Crippen LogP contribution is -1.76. The van der Waals surface area contributed by atoms with Crippen molar-refractivity contribution in [1.29, 1.82) is 5.26 Å². The number of fused-ring (bicyclic) bond motifs is 2. The predicted octanol–water partition coefficient (Wildman–Crippen LogP) is 3.52. The van der Waals surface area contributed by atoms with Gasteiger partial charge in [-0.05, 0) is 22.9 Å². The van der Waals surface area contributed by atoms with Gasteiger partial charge in [-0.3, -0.25) is 0 Å². The van der Waals surface area contributed by atoms with Crippen LogP contribution < -0.4 is 0 Å². The molecule has 0 amide bonds. The first-order valence-electron chi connectivity index (χ1n) is 5.02. The maximum atomic E-state index is 8.65. The van der Waals surface area contributed by atoms with Crippen molar-refractivity contribution in [3.05, 3.63) is 41.4 Å². The van der Waals surface area contributed by atoms with Crippen LogP contribution in [0.3, 0.4) is 0 Å². The molecule has 0 saturated carbocycles. The van der Waals surface area contributed by atoms with Crippen molar-refractivity contribution in [3.63, 3.8) is 0 Å². The standard InChI is InChI=1S/C13H8N2S/c14-6-5-13-15-11-7-9-3-1-2-4-10(9)8-12(11)16-13/h1-4,7-8H,5H2. The van der Waals surface area contributed by atoms with Gasteiger partial charge in [-0.25, -0.2) is 4.98 Å². The van der Waals surface area contributed by atoms with Gasteiger partial charge in [0.25, 0.3) is 0 Å². The van der Waals surface area contributed by atoms with E-state index in [9.17, 15) is 0 Å². The highest BCUT2D eigenvalue weighted by atomic mass is 32.1. The largest absolute Gasteiger partial charge is 0.240 e. The molecule has 0 radical (unpaired) electrons. The molecule has 0 aliphatic rings. The van der Waals surface area contributed by atoms with Gasteiger partial charge < -0.3 is 0 Å². The number of nitrogens with zero attached hydrogens (tertiary/aromatic N) is 2. The van der Waals surface area contributed by atoms with Crippen LogP contribution >= 0.6 is 11.3 Å². The zero-order chi connectivity index (χ0) is 11.0. The fourth-order valence-corrected chi connectivity index (χ4v) is 2.73. The molecule has 3 heteroatoms. The first-order chi connectivity index (χ1) is 7.86. The maximum absolute atomic E-state index is 8.65. The van der Waals surface area contributed by atoms with Crippen molar-refractivity contribution in [1.82, 2.24) is 4.98 Å². The summed E-state index contributed by atoms with van der Waals surface area (Å²) in [6.45, 7) is 0. The molecular weight excluding hydrogens is 216 g/mol. The van der Waals surface area contributed by atoms with Gasteiger partial charge in [0.2, 0.25) is 0 Å². The number of hydrogen-bond acceptors (Lipinski definition) is 3. The molecule has 0 fully saturated rings. The van der Waals surface area contributed by atoms with E-state index in [0.29, 0.717) is 6.42 Å². The Labute approximate surface area is 96.8 Å². The zero-order valence-electron chi connectivity index (χ0n) is 8.47. The summed E-state index contributed by atoms with van der Waals surface area (Å²) in [5.41, 5.74) is 0.994. The van der Waals surface area contributed by atoms with Crippen molar-refractivity contribution in [2.45, 2.75) is 6.42 Å². The van der Waals surface area contributed by atoms with Crippen LogP contribution in [0.25, 0.3) is 21.0 Å². The minimum Gasteiger partial charge on any atom is -0.240 e. The van der Waals surface area contributed by atoms with Gasteiger partial charge in [0.1, 0.15) is 5.01 Å². The molecule has 76 valence electrons. The minimum absolute atomic E-state index is 0.399. The van der Waals surface area contributed by atoms with Gasteiger partial charge in [0.05, 0.1) is 22.7 Å². The Morgan fingerprint density at radius 1 is 1.19 bits per heavy atom. The van der Waals surface area contributed by atoms with E-state index in [1.165, 1.54) is 10.8 Å². The molecule has 1 heterocycles. The molecule has 2 aromatic carbocycles. The van der Waals surface area contributed by atoms with Crippen molar-refractivity contribution in [2.24, 2.45) is 0 Å². The van der Waals surface area contributed by atoms with E-state index in [0.717, 1.165) is 15.2 Å². The number of hydrogen-bond donors (Lipinski definition) is 0. The molecule has 0 atom stereocenters. The van der Waals surface area contributed by atoms with Crippen molar-refractivity contribution < 1.29 is 0 Å². The highest BCUT2D eigenvalue weighted by Crippen LogP contribution is 2.27. The molecule has 1 aromatic heterocycles. The molecule has 3 aromatic rings. The summed E-state index contributed by atoms with van der Waals surface area (Å²) in [5.74, 6) is 0. The lowest BCUT2D eigenvalue weighted by molar-refractivity contribution is 1.21. The third-order valence-electron chi connectivity index (χ3n) is 2.53. The van der Waals surface area contributed by atoms with Crippen molar-refractivity contribution in [2.75, 3.05) is 0 Å². The number of benzene rings is 2. The van der Waals surface area contributed by atoms with Crippen LogP contribution in [-0.2, 0) is 6.42 Å². The maximum Gasteiger partial charge on any atom is 0.108 e. The molecule has 0 N–H and O–H groups in total. The molecular formula is C13H8N2S. The van der Waals surface area contributed by atoms with Crippen LogP contribution in [0.4, 0.5) is 0 Å². The summed E-state index contributed by atoms with van der Waals surface area (Å²) in [7, 11) is 0. The minimum atomic E-state index is 0.399. The van der Waals surface area contributed by atoms with Gasteiger partial charge in [-0.15, -0.1) is 11.3 Å². The van der Waals surface area contributed by atoms with E-state index in [-0.39, 0.29) is 0 Å². The molecule has 3 rings (SSSR count). The number of aromatic nitrogens is 1. The second-order valence-electron chi connectivity index (χ2n) is 3.61. The molecule has 0 saturated heterocycles. The summed E-state index contributed by atoms with van der Waals surface area (Å²) < 4.78 is 1.16. The highest BCUT2D eigenvalue weighted by Gasteiger charge is 2.04. The molecule has 0 spiro atoms. The predicted molar refractivity (Wildman–Crippen MR) is 66.4 cm³/mol. The SMILES string of the molecule is N#CCc1nc2cc3ccccc3cc2s1. The fourth-order valence-electron chi connectivity index (χ4n) is 1.80. The average molecular weight is 224 g/mol. The second kappa shape index (κ2) is 3.58. The summed E-state index contributed by atoms with van der Waals surface area (Å²) in [6, 6.07) is 14.6. The Kier molecular flexibility index (Phi) is 2.09. The molecule has 2 nitrogen and oxygen atoms in total. The van der Waals surface area contributed by atoms with E-state index in [4.69, 9.17) is 5.26 Å². The van der Waals surface area contributed by atoms with E-state index < -0.39 is 0 Å². The molecule has 0 bridgehead atoms. The third-order valence-corrected chi connectivity index (χ3v) is 3.55. The Morgan fingerprint density at radius 3 is 2.69 bits per heavy atom. The second-order valence-corrected chi connectivity index (χ2v) is 4.72. The highest BCUT2D eigenvalue weighted by molar-refractivity contribution is 7.18. The van der Waals surface area contributed by atoms with Gasteiger partial charge in [0.15, 0.2) is 0 Å². The quantitative estimate of drug-likeness (QED) is 0.634. The van der Waals surface area contributed by atoms with Crippen LogP contribution in [0.15, 0.2) is 36.4 Å². The van der Waals surface area contributed by atoms with Crippen molar-refractivity contribution >= 4 is 32.3 Å². The van der Waals surface area contributed by atoms with Crippen LogP contribution in [0, 0.1) is 11.3 Å². The Morgan fingerprint density at radius 2 is 1.94 bits per heavy atom. The molecule has 0 unspecified atom stereocenters. The van der Waals surface area contributed by atoms with E-state index in [1.807, 2.05) is 12.1 Å². The van der Waals surface area contributed by atoms with Crippen LogP contribution in [0.1, 0.15) is 5.01 Å². The smallest absolute Gasteiger partial charge is 0.108 e. The zero-order valence-corrected chi connectivity index (χ0v) is 9.29. The normalized spacial score (nSPS) is 10.7. The van der Waals surface area contributed by atoms with Gasteiger partial charge in [-0.1, -0.05) is 24.3 Å². The van der Waals surface area contributed by atoms with Gasteiger partial charge in [-0.2, -0.15) is 5.26 Å². The van der Waals surface area contributed by atoms with Gasteiger partial charge in [0, 0.05) is 0 Å². The summed E-state index contributed by atoms with van der Waals surface area (Å²) in [5, 5.41) is 12.0. The van der Waals surface area contributed by atoms with Crippen LogP contribution in [0.2, 0.25) is 0 Å². The average Bonchev–Trinajstić information content (AvgIpc) is 2.67. The molecule has 0 aliphatic heterocycles. The van der Waals surface area contributed by atoms with Crippen molar-refractivity contribution in [3.8, 4) is 6.07 Å². The first kappa shape index (κ1) is 9.32. The summed E-state index contributed by atoms with van der Waals surface area (Å²) >= 11 is 1.60. The Balaban J connectivity index is 2.30. The Hall–Kier alpha value is -1.92. The van der Waals surface area contributed by atoms with Gasteiger partial charge >= 0.3 is 0 Å². The monoisotopic (exact) mass is 224 g/mol. The lowest BCUT2D eigenvalue weighted by atomic mass is 10.1. The number of rotatable bonds is 1. The topological polar surface area (TPSA) is 36.7 Å². The lowest BCUT2D eigenvalue weighted by Gasteiger charge is -1.95. The Bertz CT molecular complexity index is 654. The third kappa shape index (κ3) is 1.44. The molecule has 16 heavy (non-hydrogen) atoms. The number of thiazole rings is 1. The van der Waals surface area contributed by atoms with E-state index >= 15 is 0 Å². The van der Waals surface area contributed by atoms with E-state index in [1.54, 1.807) is 11.3 Å². The summed E-state index contributed by atoms with van der Waals surface area (Å²) in [6.07, 6.45) is 0.399. The fraction of sp³-hybridized carbons (Fsp3) is 0.0769. The van der Waals surface area contributed by atoms with Crippen LogP contribution in [-0.4, -0.2) is 4.98 Å². The first-order valence-corrected chi connectivity index (χ1v) is 5.83.